The number of carbonyl (C=O) groups is 1. The molecule has 1 atom stereocenters. The van der Waals surface area contributed by atoms with E-state index in [4.69, 9.17) is 0 Å². The highest BCUT2D eigenvalue weighted by Gasteiger charge is 2.57. The minimum Gasteiger partial charge on any atom is -0.326 e. The third-order valence-electron chi connectivity index (χ3n) is 5.31. The lowest BCUT2D eigenvalue weighted by molar-refractivity contribution is -0.118. The van der Waals surface area contributed by atoms with E-state index in [1.807, 2.05) is 37.3 Å². The number of carbonyl (C=O) groups excluding carboxylic acids is 1. The summed E-state index contributed by atoms with van der Waals surface area (Å²) in [7, 11) is 0. The Morgan fingerprint density at radius 3 is 2.84 bits per heavy atom. The molecule has 5 nitrogen and oxygen atoms in total. The first kappa shape index (κ1) is 17.8. The molecule has 0 bridgehead atoms. The molecule has 1 spiro atoms. The van der Waals surface area contributed by atoms with Crippen LogP contribution in [0.25, 0.3) is 11.3 Å². The quantitative estimate of drug-likeness (QED) is 0.884. The summed E-state index contributed by atoms with van der Waals surface area (Å²) < 4.78 is 0. The van der Waals surface area contributed by atoms with Crippen LogP contribution in [0.3, 0.4) is 0 Å². The van der Waals surface area contributed by atoms with Gasteiger partial charge in [-0.1, -0.05) is 12.1 Å². The number of aryl methyl sites for hydroxylation is 1. The number of amides is 1. The molecule has 6 heteroatoms. The Bertz CT molecular complexity index is 774. The van der Waals surface area contributed by atoms with E-state index < -0.39 is 0 Å². The second-order valence-electron chi connectivity index (χ2n) is 6.93. The maximum Gasteiger partial charge on any atom is 0.228 e. The Morgan fingerprint density at radius 2 is 2.08 bits per heavy atom. The topological polar surface area (TPSA) is 66.9 Å². The van der Waals surface area contributed by atoms with Crippen molar-refractivity contribution in [2.24, 2.45) is 11.3 Å². The number of hydrogen-bond acceptors (Lipinski definition) is 4. The lowest BCUT2D eigenvalue weighted by atomic mass is 9.92. The Labute approximate surface area is 154 Å². The van der Waals surface area contributed by atoms with Crippen LogP contribution in [0, 0.1) is 18.3 Å². The van der Waals surface area contributed by atoms with Crippen LogP contribution >= 0.6 is 12.4 Å². The fourth-order valence-electron chi connectivity index (χ4n) is 3.80. The zero-order valence-electron chi connectivity index (χ0n) is 14.3. The van der Waals surface area contributed by atoms with Gasteiger partial charge in [-0.15, -0.1) is 12.4 Å². The van der Waals surface area contributed by atoms with E-state index in [1.165, 1.54) is 0 Å². The van der Waals surface area contributed by atoms with Crippen molar-refractivity contribution in [1.82, 2.24) is 15.3 Å². The number of nitrogens with zero attached hydrogens (tertiary/aromatic N) is 2. The number of anilines is 1. The number of halogens is 1. The van der Waals surface area contributed by atoms with E-state index in [9.17, 15) is 4.79 Å². The SMILES string of the molecule is Cc1nccc(-c2cccc(NC(=O)C3CC34CCNCC4)c2)n1.Cl. The molecule has 2 heterocycles. The zero-order chi connectivity index (χ0) is 16.6. The molecule has 0 radical (unpaired) electrons. The second-order valence-corrected chi connectivity index (χ2v) is 6.93. The van der Waals surface area contributed by atoms with Crippen molar-refractivity contribution in [3.05, 3.63) is 42.4 Å². The Morgan fingerprint density at radius 1 is 1.28 bits per heavy atom. The summed E-state index contributed by atoms with van der Waals surface area (Å²) in [5.41, 5.74) is 2.96. The monoisotopic (exact) mass is 358 g/mol. The number of nitrogens with one attached hydrogen (secondary N) is 2. The van der Waals surface area contributed by atoms with Crippen LogP contribution in [0.5, 0.6) is 0 Å². The fraction of sp³-hybridized carbons (Fsp3) is 0.421. The predicted octanol–water partition coefficient (Wildman–Crippen LogP) is 3.20. The molecule has 4 rings (SSSR count). The van der Waals surface area contributed by atoms with Crippen LogP contribution in [-0.4, -0.2) is 29.0 Å². The highest BCUT2D eigenvalue weighted by molar-refractivity contribution is 5.95. The standard InChI is InChI=1S/C19H22N4O.ClH/c1-13-21-8-5-17(22-13)14-3-2-4-15(11-14)23-18(24)16-12-19(16)6-9-20-10-7-19;/h2-5,8,11,16,20H,6-7,9-10,12H2,1H3,(H,23,24);1H. The minimum absolute atomic E-state index is 0. The molecule has 1 aromatic heterocycles. The third kappa shape index (κ3) is 3.67. The molecule has 1 amide bonds. The van der Waals surface area contributed by atoms with Crippen LogP contribution in [0.2, 0.25) is 0 Å². The van der Waals surface area contributed by atoms with Gasteiger partial charge in [0.15, 0.2) is 0 Å². The van der Waals surface area contributed by atoms with Gasteiger partial charge in [-0.3, -0.25) is 4.79 Å². The molecular weight excluding hydrogens is 336 g/mol. The third-order valence-corrected chi connectivity index (χ3v) is 5.31. The van der Waals surface area contributed by atoms with Crippen molar-refractivity contribution in [2.45, 2.75) is 26.2 Å². The van der Waals surface area contributed by atoms with Crippen molar-refractivity contribution in [3.8, 4) is 11.3 Å². The van der Waals surface area contributed by atoms with Gasteiger partial charge in [0.2, 0.25) is 5.91 Å². The maximum atomic E-state index is 12.6. The van der Waals surface area contributed by atoms with E-state index in [0.29, 0.717) is 0 Å². The Kier molecular flexibility index (Phi) is 5.06. The fourth-order valence-corrected chi connectivity index (χ4v) is 3.80. The molecule has 1 aliphatic heterocycles. The molecular formula is C19H23ClN4O. The van der Waals surface area contributed by atoms with Gasteiger partial charge in [0, 0.05) is 23.4 Å². The van der Waals surface area contributed by atoms with Gasteiger partial charge in [-0.05, 0) is 62.9 Å². The Hall–Kier alpha value is -1.98. The number of aromatic nitrogens is 2. The summed E-state index contributed by atoms with van der Waals surface area (Å²) >= 11 is 0. The highest BCUT2D eigenvalue weighted by atomic mass is 35.5. The molecule has 2 N–H and O–H groups in total. The van der Waals surface area contributed by atoms with Gasteiger partial charge in [0.25, 0.3) is 0 Å². The molecule has 1 unspecified atom stereocenters. The highest BCUT2D eigenvalue weighted by Crippen LogP contribution is 2.58. The molecule has 1 saturated heterocycles. The summed E-state index contributed by atoms with van der Waals surface area (Å²) in [4.78, 5) is 21.2. The maximum absolute atomic E-state index is 12.6. The molecule has 1 saturated carbocycles. The van der Waals surface area contributed by atoms with Gasteiger partial charge in [0.1, 0.15) is 5.82 Å². The van der Waals surface area contributed by atoms with E-state index in [-0.39, 0.29) is 29.6 Å². The molecule has 1 aromatic carbocycles. The van der Waals surface area contributed by atoms with E-state index in [1.54, 1.807) is 6.20 Å². The van der Waals surface area contributed by atoms with Crippen LogP contribution in [0.15, 0.2) is 36.5 Å². The Balaban J connectivity index is 0.00000182. The average molecular weight is 359 g/mol. The van der Waals surface area contributed by atoms with Crippen LogP contribution in [-0.2, 0) is 4.79 Å². The first-order chi connectivity index (χ1) is 11.7. The largest absolute Gasteiger partial charge is 0.326 e. The first-order valence-electron chi connectivity index (χ1n) is 8.58. The van der Waals surface area contributed by atoms with Gasteiger partial charge < -0.3 is 10.6 Å². The lowest BCUT2D eigenvalue weighted by Crippen LogP contribution is -2.31. The molecule has 132 valence electrons. The van der Waals surface area contributed by atoms with Crippen molar-refractivity contribution in [2.75, 3.05) is 18.4 Å². The minimum atomic E-state index is 0. The first-order valence-corrected chi connectivity index (χ1v) is 8.58. The smallest absolute Gasteiger partial charge is 0.228 e. The van der Waals surface area contributed by atoms with Crippen LogP contribution < -0.4 is 10.6 Å². The summed E-state index contributed by atoms with van der Waals surface area (Å²) in [6.07, 6.45) is 5.02. The van der Waals surface area contributed by atoms with Crippen LogP contribution in [0.4, 0.5) is 5.69 Å². The van der Waals surface area contributed by atoms with Crippen molar-refractivity contribution >= 4 is 24.0 Å². The summed E-state index contributed by atoms with van der Waals surface area (Å²) in [5.74, 6) is 1.07. The molecule has 25 heavy (non-hydrogen) atoms. The van der Waals surface area contributed by atoms with Crippen LogP contribution in [0.1, 0.15) is 25.1 Å². The van der Waals surface area contributed by atoms with Crippen molar-refractivity contribution in [3.63, 3.8) is 0 Å². The van der Waals surface area contributed by atoms with Gasteiger partial charge in [-0.25, -0.2) is 9.97 Å². The molecule has 2 fully saturated rings. The average Bonchev–Trinajstić information content (AvgIpc) is 3.29. The number of benzene rings is 1. The number of hydrogen-bond donors (Lipinski definition) is 2. The van der Waals surface area contributed by atoms with E-state index in [2.05, 4.69) is 20.6 Å². The van der Waals surface area contributed by atoms with Gasteiger partial charge in [-0.2, -0.15) is 0 Å². The summed E-state index contributed by atoms with van der Waals surface area (Å²) in [5, 5.41) is 6.47. The summed E-state index contributed by atoms with van der Waals surface area (Å²) in [6.45, 7) is 3.94. The van der Waals surface area contributed by atoms with Gasteiger partial charge in [0.05, 0.1) is 5.69 Å². The van der Waals surface area contributed by atoms with Gasteiger partial charge >= 0.3 is 0 Å². The zero-order valence-corrected chi connectivity index (χ0v) is 15.1. The number of piperidine rings is 1. The normalized spacial score (nSPS) is 20.6. The molecule has 2 aromatic rings. The predicted molar refractivity (Wildman–Crippen MR) is 101 cm³/mol. The second kappa shape index (κ2) is 7.10. The summed E-state index contributed by atoms with van der Waals surface area (Å²) in [6, 6.07) is 9.77. The molecule has 2 aliphatic rings. The number of rotatable bonds is 3. The van der Waals surface area contributed by atoms with E-state index in [0.717, 1.165) is 55.1 Å². The molecule has 1 aliphatic carbocycles. The lowest BCUT2D eigenvalue weighted by Gasteiger charge is -2.23. The van der Waals surface area contributed by atoms with Crippen molar-refractivity contribution < 1.29 is 4.79 Å². The van der Waals surface area contributed by atoms with Crippen molar-refractivity contribution in [1.29, 1.82) is 0 Å². The van der Waals surface area contributed by atoms with E-state index >= 15 is 0 Å².